The highest BCUT2D eigenvalue weighted by Gasteiger charge is 2.31. The van der Waals surface area contributed by atoms with E-state index < -0.39 is 17.5 Å². The van der Waals surface area contributed by atoms with Gasteiger partial charge in [-0.15, -0.1) is 11.3 Å². The first-order chi connectivity index (χ1) is 8.39. The Kier molecular flexibility index (Phi) is 3.13. The summed E-state index contributed by atoms with van der Waals surface area (Å²) in [6.45, 7) is 0. The van der Waals surface area contributed by atoms with Gasteiger partial charge < -0.3 is 5.73 Å². The van der Waals surface area contributed by atoms with Gasteiger partial charge in [0.05, 0.1) is 16.1 Å². The van der Waals surface area contributed by atoms with Crippen molar-refractivity contribution in [2.75, 3.05) is 5.73 Å². The van der Waals surface area contributed by atoms with Gasteiger partial charge in [0, 0.05) is 5.56 Å². The zero-order valence-corrected chi connectivity index (χ0v) is 9.81. The molecule has 1 aromatic carbocycles. The minimum Gasteiger partial charge on any atom is -0.390 e. The first-order valence-corrected chi connectivity index (χ1v) is 5.82. The number of thiophene rings is 1. The van der Waals surface area contributed by atoms with Crippen molar-refractivity contribution in [1.82, 2.24) is 0 Å². The zero-order chi connectivity index (χ0) is 13.3. The van der Waals surface area contributed by atoms with Gasteiger partial charge in [-0.3, -0.25) is 4.79 Å². The van der Waals surface area contributed by atoms with Crippen LogP contribution in [0.25, 0.3) is 0 Å². The summed E-state index contributed by atoms with van der Waals surface area (Å²) >= 11 is 1.17. The van der Waals surface area contributed by atoms with Gasteiger partial charge in [-0.25, -0.2) is 0 Å². The van der Waals surface area contributed by atoms with E-state index in [2.05, 4.69) is 0 Å². The molecular formula is C12H8F3NOS. The summed E-state index contributed by atoms with van der Waals surface area (Å²) in [5, 5.41) is 1.92. The second-order valence-corrected chi connectivity index (χ2v) is 4.55. The van der Waals surface area contributed by atoms with E-state index in [1.807, 2.05) is 0 Å². The fourth-order valence-corrected chi connectivity index (χ4v) is 2.14. The molecule has 1 heterocycles. The third-order valence-electron chi connectivity index (χ3n) is 2.39. The fraction of sp³-hybridized carbons (Fsp3) is 0.0833. The van der Waals surface area contributed by atoms with Gasteiger partial charge in [-0.1, -0.05) is 12.1 Å². The number of ketones is 1. The van der Waals surface area contributed by atoms with E-state index in [0.717, 1.165) is 12.1 Å². The van der Waals surface area contributed by atoms with Gasteiger partial charge in [0.1, 0.15) is 0 Å². The van der Waals surface area contributed by atoms with E-state index in [-0.39, 0.29) is 11.1 Å². The average Bonchev–Trinajstić information content (AvgIpc) is 2.73. The van der Waals surface area contributed by atoms with Crippen molar-refractivity contribution < 1.29 is 18.0 Å². The van der Waals surface area contributed by atoms with E-state index >= 15 is 0 Å². The molecule has 0 bridgehead atoms. The highest BCUT2D eigenvalue weighted by atomic mass is 32.1. The number of hydrogen-bond donors (Lipinski definition) is 1. The van der Waals surface area contributed by atoms with Gasteiger partial charge in [0.2, 0.25) is 0 Å². The number of nitrogen functional groups attached to an aromatic ring is 1. The Labute approximate surface area is 105 Å². The molecule has 6 heteroatoms. The van der Waals surface area contributed by atoms with E-state index in [4.69, 9.17) is 5.73 Å². The van der Waals surface area contributed by atoms with E-state index in [1.165, 1.54) is 29.5 Å². The zero-order valence-electron chi connectivity index (χ0n) is 8.99. The van der Waals surface area contributed by atoms with Crippen LogP contribution in [0, 0.1) is 0 Å². The lowest BCUT2D eigenvalue weighted by Gasteiger charge is -2.08. The number of anilines is 1. The van der Waals surface area contributed by atoms with E-state index in [1.54, 1.807) is 5.38 Å². The average molecular weight is 271 g/mol. The third-order valence-corrected chi connectivity index (χ3v) is 3.14. The minimum atomic E-state index is -4.46. The van der Waals surface area contributed by atoms with Gasteiger partial charge >= 0.3 is 6.18 Å². The fourth-order valence-electron chi connectivity index (χ4n) is 1.50. The standard InChI is InChI=1S/C12H8F3NOS/c13-12(14,15)8-3-1-2-7(6-8)10(17)9-4-5-18-11(9)16/h1-6H,16H2. The van der Waals surface area contributed by atoms with Crippen LogP contribution in [0.15, 0.2) is 35.7 Å². The van der Waals surface area contributed by atoms with Crippen molar-refractivity contribution in [2.24, 2.45) is 0 Å². The van der Waals surface area contributed by atoms with Crippen molar-refractivity contribution in [3.8, 4) is 0 Å². The molecule has 2 aromatic rings. The summed E-state index contributed by atoms with van der Waals surface area (Å²) < 4.78 is 37.6. The molecule has 0 saturated heterocycles. The summed E-state index contributed by atoms with van der Waals surface area (Å²) in [6.07, 6.45) is -4.46. The summed E-state index contributed by atoms with van der Waals surface area (Å²) in [4.78, 5) is 12.0. The van der Waals surface area contributed by atoms with Crippen LogP contribution in [0.2, 0.25) is 0 Å². The lowest BCUT2D eigenvalue weighted by atomic mass is 10.0. The maximum Gasteiger partial charge on any atom is 0.416 e. The third kappa shape index (κ3) is 2.38. The Morgan fingerprint density at radius 1 is 1.22 bits per heavy atom. The van der Waals surface area contributed by atoms with Gasteiger partial charge in [-0.05, 0) is 23.6 Å². The number of benzene rings is 1. The molecular weight excluding hydrogens is 263 g/mol. The van der Waals surface area contributed by atoms with Crippen LogP contribution in [0.4, 0.5) is 18.2 Å². The van der Waals surface area contributed by atoms with Gasteiger partial charge in [0.15, 0.2) is 5.78 Å². The molecule has 94 valence electrons. The van der Waals surface area contributed by atoms with Crippen LogP contribution >= 0.6 is 11.3 Å². The Hall–Kier alpha value is -1.82. The lowest BCUT2D eigenvalue weighted by molar-refractivity contribution is -0.137. The largest absolute Gasteiger partial charge is 0.416 e. The first kappa shape index (κ1) is 12.6. The molecule has 0 atom stereocenters. The normalized spacial score (nSPS) is 11.5. The first-order valence-electron chi connectivity index (χ1n) is 4.94. The molecule has 0 aliphatic rings. The number of carbonyl (C=O) groups is 1. The number of alkyl halides is 3. The van der Waals surface area contributed by atoms with Crippen LogP contribution in [0.1, 0.15) is 21.5 Å². The lowest BCUT2D eigenvalue weighted by Crippen LogP contribution is -2.08. The number of hydrogen-bond acceptors (Lipinski definition) is 3. The molecule has 0 aliphatic heterocycles. The SMILES string of the molecule is Nc1sccc1C(=O)c1cccc(C(F)(F)F)c1. The highest BCUT2D eigenvalue weighted by Crippen LogP contribution is 2.30. The quantitative estimate of drug-likeness (QED) is 0.848. The molecule has 0 amide bonds. The Morgan fingerprint density at radius 2 is 1.94 bits per heavy atom. The smallest absolute Gasteiger partial charge is 0.390 e. The van der Waals surface area contributed by atoms with Gasteiger partial charge in [-0.2, -0.15) is 13.2 Å². The molecule has 2 rings (SSSR count). The van der Waals surface area contributed by atoms with Crippen LogP contribution in [-0.4, -0.2) is 5.78 Å². The second kappa shape index (κ2) is 4.45. The second-order valence-electron chi connectivity index (χ2n) is 3.61. The van der Waals surface area contributed by atoms with Crippen LogP contribution < -0.4 is 5.73 Å². The number of carbonyl (C=O) groups excluding carboxylic acids is 1. The summed E-state index contributed by atoms with van der Waals surface area (Å²) in [5.41, 5.74) is 4.95. The molecule has 0 fully saturated rings. The Balaban J connectivity index is 2.41. The summed E-state index contributed by atoms with van der Waals surface area (Å²) in [7, 11) is 0. The molecule has 0 radical (unpaired) electrons. The maximum atomic E-state index is 12.5. The van der Waals surface area contributed by atoms with Crippen molar-refractivity contribution in [3.63, 3.8) is 0 Å². The molecule has 18 heavy (non-hydrogen) atoms. The van der Waals surface area contributed by atoms with E-state index in [0.29, 0.717) is 5.00 Å². The Morgan fingerprint density at radius 3 is 2.50 bits per heavy atom. The van der Waals surface area contributed by atoms with Crippen LogP contribution in [0.3, 0.4) is 0 Å². The summed E-state index contributed by atoms with van der Waals surface area (Å²) in [6, 6.07) is 5.81. The van der Waals surface area contributed by atoms with Crippen LogP contribution in [0.5, 0.6) is 0 Å². The molecule has 2 N–H and O–H groups in total. The topological polar surface area (TPSA) is 43.1 Å². The van der Waals surface area contributed by atoms with Gasteiger partial charge in [0.25, 0.3) is 0 Å². The summed E-state index contributed by atoms with van der Waals surface area (Å²) in [5.74, 6) is -0.500. The number of nitrogens with two attached hydrogens (primary N) is 1. The number of rotatable bonds is 2. The van der Waals surface area contributed by atoms with Crippen LogP contribution in [-0.2, 0) is 6.18 Å². The molecule has 0 spiro atoms. The van der Waals surface area contributed by atoms with Crippen molar-refractivity contribution >= 4 is 22.1 Å². The minimum absolute atomic E-state index is 0.0186. The maximum absolute atomic E-state index is 12.5. The van der Waals surface area contributed by atoms with Crippen molar-refractivity contribution in [2.45, 2.75) is 6.18 Å². The molecule has 0 unspecified atom stereocenters. The van der Waals surface area contributed by atoms with Crippen molar-refractivity contribution in [1.29, 1.82) is 0 Å². The molecule has 0 aliphatic carbocycles. The van der Waals surface area contributed by atoms with Crippen molar-refractivity contribution in [3.05, 3.63) is 52.4 Å². The molecule has 2 nitrogen and oxygen atoms in total. The molecule has 1 aromatic heterocycles. The Bertz CT molecular complexity index is 589. The van der Waals surface area contributed by atoms with E-state index in [9.17, 15) is 18.0 Å². The molecule has 0 saturated carbocycles. The number of halogens is 3. The predicted octanol–water partition coefficient (Wildman–Crippen LogP) is 3.58. The monoisotopic (exact) mass is 271 g/mol. The highest BCUT2D eigenvalue weighted by molar-refractivity contribution is 7.14. The predicted molar refractivity (Wildman–Crippen MR) is 63.6 cm³/mol.